The Bertz CT molecular complexity index is 381. The Morgan fingerprint density at radius 2 is 2.47 bits per heavy atom. The van der Waals surface area contributed by atoms with Gasteiger partial charge in [0, 0.05) is 12.6 Å². The van der Waals surface area contributed by atoms with Crippen molar-refractivity contribution in [3.05, 3.63) is 41.7 Å². The summed E-state index contributed by atoms with van der Waals surface area (Å²) in [6.07, 6.45) is 4.23. The molecule has 0 amide bonds. The van der Waals surface area contributed by atoms with Gasteiger partial charge in [-0.2, -0.15) is 0 Å². The zero-order valence-electron chi connectivity index (χ0n) is 8.11. The quantitative estimate of drug-likeness (QED) is 0.576. The number of halogens is 1. The van der Waals surface area contributed by atoms with Crippen molar-refractivity contribution in [2.24, 2.45) is 5.84 Å². The second-order valence-electron chi connectivity index (χ2n) is 3.21. The first-order chi connectivity index (χ1) is 7.33. The molecule has 0 saturated heterocycles. The molecule has 0 spiro atoms. The molecule has 1 aliphatic rings. The van der Waals surface area contributed by atoms with Crippen molar-refractivity contribution in [3.8, 4) is 0 Å². The number of ether oxygens (including phenoxy) is 1. The highest BCUT2D eigenvalue weighted by Crippen LogP contribution is 2.25. The van der Waals surface area contributed by atoms with Gasteiger partial charge in [0.05, 0.1) is 6.61 Å². The molecule has 3 N–H and O–H groups in total. The average molecular weight is 209 g/mol. The lowest BCUT2D eigenvalue weighted by Gasteiger charge is -2.16. The van der Waals surface area contributed by atoms with Crippen LogP contribution < -0.4 is 11.3 Å². The number of rotatable bonds is 3. The SMILES string of the molecule is NNC(C1=CCCO1)c1ncccc1F. The van der Waals surface area contributed by atoms with Crippen molar-refractivity contribution in [2.45, 2.75) is 12.5 Å². The van der Waals surface area contributed by atoms with Crippen molar-refractivity contribution in [3.63, 3.8) is 0 Å². The van der Waals surface area contributed by atoms with Crippen molar-refractivity contribution < 1.29 is 9.13 Å². The van der Waals surface area contributed by atoms with Gasteiger partial charge in [-0.3, -0.25) is 10.8 Å². The highest BCUT2D eigenvalue weighted by Gasteiger charge is 2.23. The van der Waals surface area contributed by atoms with Crippen LogP contribution in [0.4, 0.5) is 4.39 Å². The molecule has 0 aliphatic carbocycles. The number of hydrogen-bond acceptors (Lipinski definition) is 4. The van der Waals surface area contributed by atoms with E-state index in [2.05, 4.69) is 10.4 Å². The highest BCUT2D eigenvalue weighted by molar-refractivity contribution is 5.21. The van der Waals surface area contributed by atoms with E-state index in [1.807, 2.05) is 6.08 Å². The molecular weight excluding hydrogens is 197 g/mol. The minimum absolute atomic E-state index is 0.258. The predicted octanol–water partition coefficient (Wildman–Crippen LogP) is 1.03. The zero-order valence-corrected chi connectivity index (χ0v) is 8.11. The Balaban J connectivity index is 2.30. The summed E-state index contributed by atoms with van der Waals surface area (Å²) in [5.74, 6) is 5.62. The van der Waals surface area contributed by atoms with Crippen LogP contribution in [0.2, 0.25) is 0 Å². The lowest BCUT2D eigenvalue weighted by Crippen LogP contribution is -2.31. The zero-order chi connectivity index (χ0) is 10.7. The van der Waals surface area contributed by atoms with E-state index in [0.717, 1.165) is 6.42 Å². The maximum atomic E-state index is 13.4. The number of pyridine rings is 1. The Hall–Kier alpha value is -1.46. The van der Waals surface area contributed by atoms with E-state index in [0.29, 0.717) is 12.4 Å². The Labute approximate surface area is 86.9 Å². The van der Waals surface area contributed by atoms with Crippen molar-refractivity contribution >= 4 is 0 Å². The molecular formula is C10H12FN3O. The average Bonchev–Trinajstić information content (AvgIpc) is 2.75. The van der Waals surface area contributed by atoms with Crippen molar-refractivity contribution in [1.82, 2.24) is 10.4 Å². The van der Waals surface area contributed by atoms with E-state index in [-0.39, 0.29) is 5.69 Å². The molecule has 0 fully saturated rings. The number of nitrogens with two attached hydrogens (primary N) is 1. The highest BCUT2D eigenvalue weighted by atomic mass is 19.1. The fourth-order valence-electron chi connectivity index (χ4n) is 1.54. The molecule has 2 heterocycles. The lowest BCUT2D eigenvalue weighted by molar-refractivity contribution is 0.213. The van der Waals surface area contributed by atoms with E-state index in [1.165, 1.54) is 18.3 Å². The maximum Gasteiger partial charge on any atom is 0.146 e. The number of hydrogen-bond donors (Lipinski definition) is 2. The monoisotopic (exact) mass is 209 g/mol. The number of aromatic nitrogens is 1. The van der Waals surface area contributed by atoms with Crippen LogP contribution in [0.25, 0.3) is 0 Å². The van der Waals surface area contributed by atoms with Crippen molar-refractivity contribution in [1.29, 1.82) is 0 Å². The number of nitrogens with zero attached hydrogens (tertiary/aromatic N) is 1. The molecule has 0 bridgehead atoms. The third-order valence-corrected chi connectivity index (χ3v) is 2.24. The van der Waals surface area contributed by atoms with E-state index >= 15 is 0 Å². The van der Waals surface area contributed by atoms with Gasteiger partial charge in [0.25, 0.3) is 0 Å². The first-order valence-electron chi connectivity index (χ1n) is 4.72. The van der Waals surface area contributed by atoms with E-state index in [1.54, 1.807) is 0 Å². The van der Waals surface area contributed by atoms with Gasteiger partial charge in [0.2, 0.25) is 0 Å². The molecule has 0 aromatic carbocycles. The van der Waals surface area contributed by atoms with Crippen molar-refractivity contribution in [2.75, 3.05) is 6.61 Å². The summed E-state index contributed by atoms with van der Waals surface area (Å²) in [5, 5.41) is 0. The smallest absolute Gasteiger partial charge is 0.146 e. The summed E-state index contributed by atoms with van der Waals surface area (Å²) >= 11 is 0. The summed E-state index contributed by atoms with van der Waals surface area (Å²) in [6, 6.07) is 2.38. The van der Waals surface area contributed by atoms with Gasteiger partial charge >= 0.3 is 0 Å². The minimum atomic E-state index is -0.506. The van der Waals surface area contributed by atoms with Gasteiger partial charge < -0.3 is 4.74 Å². The Kier molecular flexibility index (Phi) is 2.94. The van der Waals surface area contributed by atoms with Gasteiger partial charge in [-0.1, -0.05) is 0 Å². The van der Waals surface area contributed by atoms with Gasteiger partial charge in [-0.25, -0.2) is 9.82 Å². The Morgan fingerprint density at radius 3 is 3.07 bits per heavy atom. The Morgan fingerprint density at radius 1 is 1.60 bits per heavy atom. The van der Waals surface area contributed by atoms with Gasteiger partial charge in [-0.05, 0) is 18.2 Å². The van der Waals surface area contributed by atoms with E-state index < -0.39 is 11.9 Å². The van der Waals surface area contributed by atoms with Gasteiger partial charge in [0.15, 0.2) is 0 Å². The summed E-state index contributed by atoms with van der Waals surface area (Å²) in [7, 11) is 0. The van der Waals surface area contributed by atoms with Crippen LogP contribution in [0.5, 0.6) is 0 Å². The van der Waals surface area contributed by atoms with E-state index in [9.17, 15) is 4.39 Å². The van der Waals surface area contributed by atoms with Crippen LogP contribution >= 0.6 is 0 Å². The van der Waals surface area contributed by atoms with Crippen LogP contribution in [0.3, 0.4) is 0 Å². The molecule has 5 heteroatoms. The van der Waals surface area contributed by atoms with Crippen LogP contribution in [-0.2, 0) is 4.74 Å². The molecule has 0 radical (unpaired) electrons. The first kappa shape index (κ1) is 10.1. The molecule has 80 valence electrons. The number of hydrazine groups is 1. The standard InChI is InChI=1S/C10H12FN3O/c11-7-3-1-5-13-9(7)10(14-12)8-4-2-6-15-8/h1,3-5,10,14H,2,6,12H2. The summed E-state index contributed by atoms with van der Waals surface area (Å²) < 4.78 is 18.8. The number of nitrogens with one attached hydrogen (secondary N) is 1. The molecule has 1 unspecified atom stereocenters. The van der Waals surface area contributed by atoms with E-state index in [4.69, 9.17) is 10.6 Å². The second-order valence-corrected chi connectivity index (χ2v) is 3.21. The van der Waals surface area contributed by atoms with Crippen LogP contribution in [-0.4, -0.2) is 11.6 Å². The second kappa shape index (κ2) is 4.37. The fraction of sp³-hybridized carbons (Fsp3) is 0.300. The largest absolute Gasteiger partial charge is 0.496 e. The molecule has 1 aromatic heterocycles. The molecule has 15 heavy (non-hydrogen) atoms. The van der Waals surface area contributed by atoms with Crippen LogP contribution in [0.15, 0.2) is 30.2 Å². The van der Waals surface area contributed by atoms with Crippen LogP contribution in [0, 0.1) is 5.82 Å². The molecule has 1 aliphatic heterocycles. The molecule has 4 nitrogen and oxygen atoms in total. The summed E-state index contributed by atoms with van der Waals surface area (Å²) in [4.78, 5) is 3.96. The normalized spacial score (nSPS) is 17.1. The van der Waals surface area contributed by atoms with Crippen LogP contribution in [0.1, 0.15) is 18.2 Å². The molecule has 0 saturated carbocycles. The summed E-state index contributed by atoms with van der Waals surface area (Å²) in [5.41, 5.74) is 2.76. The fourth-order valence-corrected chi connectivity index (χ4v) is 1.54. The third-order valence-electron chi connectivity index (χ3n) is 2.24. The van der Waals surface area contributed by atoms with Gasteiger partial charge in [-0.15, -0.1) is 0 Å². The maximum absolute atomic E-state index is 13.4. The lowest BCUT2D eigenvalue weighted by atomic mass is 10.1. The third kappa shape index (κ3) is 1.98. The molecule has 1 aromatic rings. The topological polar surface area (TPSA) is 60.2 Å². The first-order valence-corrected chi connectivity index (χ1v) is 4.72. The molecule has 1 atom stereocenters. The van der Waals surface area contributed by atoms with Gasteiger partial charge in [0.1, 0.15) is 23.3 Å². The molecule has 2 rings (SSSR count). The summed E-state index contributed by atoms with van der Waals surface area (Å²) in [6.45, 7) is 0.613. The minimum Gasteiger partial charge on any atom is -0.496 e. The predicted molar refractivity (Wildman–Crippen MR) is 52.9 cm³/mol.